The SMILES string of the molecule is CCn1c(CN2CCOCC2)nnc1SCC(=O)Nc1cc(Cl)ccc1OC. The van der Waals surface area contributed by atoms with Gasteiger partial charge in [0, 0.05) is 24.7 Å². The van der Waals surface area contributed by atoms with Crippen molar-refractivity contribution in [3.05, 3.63) is 29.0 Å². The number of carbonyl (C=O) groups is 1. The Balaban J connectivity index is 1.59. The summed E-state index contributed by atoms with van der Waals surface area (Å²) in [7, 11) is 1.55. The Morgan fingerprint density at radius 3 is 2.86 bits per heavy atom. The van der Waals surface area contributed by atoms with Gasteiger partial charge in [0.25, 0.3) is 0 Å². The molecule has 0 unspecified atom stereocenters. The summed E-state index contributed by atoms with van der Waals surface area (Å²) in [5, 5.41) is 12.7. The summed E-state index contributed by atoms with van der Waals surface area (Å²) < 4.78 is 12.7. The molecule has 0 spiro atoms. The van der Waals surface area contributed by atoms with E-state index in [0.717, 1.165) is 50.4 Å². The van der Waals surface area contributed by atoms with E-state index in [9.17, 15) is 4.79 Å². The average Bonchev–Trinajstić information content (AvgIpc) is 3.09. The Kier molecular flexibility index (Phi) is 7.55. The zero-order valence-electron chi connectivity index (χ0n) is 16.0. The van der Waals surface area contributed by atoms with Crippen LogP contribution in [0.25, 0.3) is 0 Å². The van der Waals surface area contributed by atoms with E-state index < -0.39 is 0 Å². The first-order valence-corrected chi connectivity index (χ1v) is 10.5. The minimum atomic E-state index is -0.161. The second kappa shape index (κ2) is 10.1. The van der Waals surface area contributed by atoms with Crippen LogP contribution in [-0.2, 0) is 22.6 Å². The lowest BCUT2D eigenvalue weighted by atomic mass is 10.3. The van der Waals surface area contributed by atoms with Crippen LogP contribution in [0.15, 0.2) is 23.4 Å². The van der Waals surface area contributed by atoms with Crippen LogP contribution in [0.3, 0.4) is 0 Å². The number of halogens is 1. The van der Waals surface area contributed by atoms with E-state index in [1.54, 1.807) is 25.3 Å². The van der Waals surface area contributed by atoms with Crippen molar-refractivity contribution < 1.29 is 14.3 Å². The maximum absolute atomic E-state index is 12.4. The first-order chi connectivity index (χ1) is 13.6. The number of rotatable bonds is 8. The van der Waals surface area contributed by atoms with Gasteiger partial charge in [0.2, 0.25) is 5.91 Å². The normalized spacial score (nSPS) is 14.8. The molecule has 0 radical (unpaired) electrons. The second-order valence-electron chi connectivity index (χ2n) is 6.21. The number of amides is 1. The van der Waals surface area contributed by atoms with Crippen LogP contribution in [0.2, 0.25) is 5.02 Å². The lowest BCUT2D eigenvalue weighted by Gasteiger charge is -2.26. The van der Waals surface area contributed by atoms with Crippen LogP contribution in [0.5, 0.6) is 5.75 Å². The Bertz CT molecular complexity index is 811. The lowest BCUT2D eigenvalue weighted by Crippen LogP contribution is -2.36. The maximum atomic E-state index is 12.4. The van der Waals surface area contributed by atoms with Gasteiger partial charge in [-0.05, 0) is 25.1 Å². The summed E-state index contributed by atoms with van der Waals surface area (Å²) in [5.41, 5.74) is 0.547. The molecule has 1 N–H and O–H groups in total. The number of thioether (sulfide) groups is 1. The Labute approximate surface area is 173 Å². The maximum Gasteiger partial charge on any atom is 0.234 e. The van der Waals surface area contributed by atoms with Crippen molar-refractivity contribution in [1.29, 1.82) is 0 Å². The highest BCUT2D eigenvalue weighted by atomic mass is 35.5. The molecule has 0 aliphatic carbocycles. The number of hydrogen-bond donors (Lipinski definition) is 1. The van der Waals surface area contributed by atoms with Crippen LogP contribution >= 0.6 is 23.4 Å². The fourth-order valence-electron chi connectivity index (χ4n) is 2.91. The van der Waals surface area contributed by atoms with Gasteiger partial charge in [0.05, 0.1) is 38.3 Å². The summed E-state index contributed by atoms with van der Waals surface area (Å²) in [4.78, 5) is 14.7. The lowest BCUT2D eigenvalue weighted by molar-refractivity contribution is -0.113. The van der Waals surface area contributed by atoms with E-state index in [0.29, 0.717) is 16.5 Å². The predicted octanol–water partition coefficient (Wildman–Crippen LogP) is 2.52. The molecule has 1 aromatic carbocycles. The molecule has 1 aliphatic rings. The molecule has 2 aromatic rings. The van der Waals surface area contributed by atoms with Crippen molar-refractivity contribution in [2.45, 2.75) is 25.2 Å². The second-order valence-corrected chi connectivity index (χ2v) is 7.59. The smallest absolute Gasteiger partial charge is 0.234 e. The van der Waals surface area contributed by atoms with E-state index in [4.69, 9.17) is 21.1 Å². The molecular weight excluding hydrogens is 402 g/mol. The molecule has 28 heavy (non-hydrogen) atoms. The zero-order chi connectivity index (χ0) is 19.9. The monoisotopic (exact) mass is 425 g/mol. The molecule has 3 rings (SSSR count). The van der Waals surface area contributed by atoms with Crippen LogP contribution in [0, 0.1) is 0 Å². The molecule has 1 amide bonds. The van der Waals surface area contributed by atoms with Gasteiger partial charge in [-0.25, -0.2) is 0 Å². The Morgan fingerprint density at radius 1 is 1.36 bits per heavy atom. The number of nitrogens with zero attached hydrogens (tertiary/aromatic N) is 4. The molecule has 1 fully saturated rings. The molecule has 0 bridgehead atoms. The van der Waals surface area contributed by atoms with E-state index in [-0.39, 0.29) is 11.7 Å². The average molecular weight is 426 g/mol. The minimum Gasteiger partial charge on any atom is -0.495 e. The number of ether oxygens (including phenoxy) is 2. The largest absolute Gasteiger partial charge is 0.495 e. The van der Waals surface area contributed by atoms with Crippen LogP contribution in [0.1, 0.15) is 12.7 Å². The fraction of sp³-hybridized carbons (Fsp3) is 0.500. The third-order valence-corrected chi connectivity index (χ3v) is 5.55. The highest BCUT2D eigenvalue weighted by Gasteiger charge is 2.18. The predicted molar refractivity (Wildman–Crippen MR) is 109 cm³/mol. The van der Waals surface area contributed by atoms with E-state index in [2.05, 4.69) is 20.4 Å². The van der Waals surface area contributed by atoms with Gasteiger partial charge in [-0.1, -0.05) is 23.4 Å². The molecule has 1 saturated heterocycles. The first-order valence-electron chi connectivity index (χ1n) is 9.09. The highest BCUT2D eigenvalue weighted by Crippen LogP contribution is 2.28. The standard InChI is InChI=1S/C18H24ClN5O3S/c1-3-24-16(11-23-6-8-27-9-7-23)21-22-18(24)28-12-17(25)20-14-10-13(19)4-5-15(14)26-2/h4-5,10H,3,6-9,11-12H2,1-2H3,(H,20,25). The van der Waals surface area contributed by atoms with Gasteiger partial charge in [-0.15, -0.1) is 10.2 Å². The zero-order valence-corrected chi connectivity index (χ0v) is 17.6. The molecule has 1 aromatic heterocycles. The van der Waals surface area contributed by atoms with Gasteiger partial charge in [0.15, 0.2) is 5.16 Å². The number of morpholine rings is 1. The molecule has 152 valence electrons. The van der Waals surface area contributed by atoms with Crippen molar-refractivity contribution in [2.75, 3.05) is 44.5 Å². The summed E-state index contributed by atoms with van der Waals surface area (Å²) in [6.07, 6.45) is 0. The van der Waals surface area contributed by atoms with Crippen molar-refractivity contribution in [3.8, 4) is 5.75 Å². The molecule has 2 heterocycles. The van der Waals surface area contributed by atoms with Crippen LogP contribution in [0.4, 0.5) is 5.69 Å². The summed E-state index contributed by atoms with van der Waals surface area (Å²) in [6, 6.07) is 5.10. The van der Waals surface area contributed by atoms with E-state index in [1.807, 2.05) is 11.5 Å². The van der Waals surface area contributed by atoms with Crippen molar-refractivity contribution >= 4 is 35.0 Å². The highest BCUT2D eigenvalue weighted by molar-refractivity contribution is 7.99. The number of nitrogens with one attached hydrogen (secondary N) is 1. The fourth-order valence-corrected chi connectivity index (χ4v) is 3.91. The molecular formula is C18H24ClN5O3S. The topological polar surface area (TPSA) is 81.5 Å². The van der Waals surface area contributed by atoms with Crippen LogP contribution in [-0.4, -0.2) is 64.7 Å². The number of aromatic nitrogens is 3. The van der Waals surface area contributed by atoms with Gasteiger partial charge >= 0.3 is 0 Å². The number of anilines is 1. The van der Waals surface area contributed by atoms with Crippen molar-refractivity contribution in [1.82, 2.24) is 19.7 Å². The molecule has 8 nitrogen and oxygen atoms in total. The quantitative estimate of drug-likeness (QED) is 0.651. The van der Waals surface area contributed by atoms with Gasteiger partial charge in [0.1, 0.15) is 11.6 Å². The van der Waals surface area contributed by atoms with Crippen molar-refractivity contribution in [3.63, 3.8) is 0 Å². The molecule has 0 atom stereocenters. The number of hydrogen-bond acceptors (Lipinski definition) is 7. The van der Waals surface area contributed by atoms with E-state index >= 15 is 0 Å². The molecule has 10 heteroatoms. The molecule has 0 saturated carbocycles. The van der Waals surface area contributed by atoms with Gasteiger partial charge in [-0.3, -0.25) is 9.69 Å². The van der Waals surface area contributed by atoms with E-state index in [1.165, 1.54) is 11.8 Å². The first kappa shape index (κ1) is 20.9. The number of carbonyl (C=O) groups excluding carboxylic acids is 1. The third kappa shape index (κ3) is 5.38. The summed E-state index contributed by atoms with van der Waals surface area (Å²) in [5.74, 6) is 1.52. The summed E-state index contributed by atoms with van der Waals surface area (Å²) in [6.45, 7) is 6.80. The van der Waals surface area contributed by atoms with Gasteiger partial charge < -0.3 is 19.4 Å². The minimum absolute atomic E-state index is 0.161. The van der Waals surface area contributed by atoms with Gasteiger partial charge in [-0.2, -0.15) is 0 Å². The Morgan fingerprint density at radius 2 is 2.14 bits per heavy atom. The summed E-state index contributed by atoms with van der Waals surface area (Å²) >= 11 is 7.37. The third-order valence-electron chi connectivity index (χ3n) is 4.35. The number of methoxy groups -OCH3 is 1. The Hall–Kier alpha value is -1.81. The van der Waals surface area contributed by atoms with Crippen LogP contribution < -0.4 is 10.1 Å². The number of benzene rings is 1. The van der Waals surface area contributed by atoms with Crippen molar-refractivity contribution in [2.24, 2.45) is 0 Å². The molecule has 1 aliphatic heterocycles.